The fourth-order valence-corrected chi connectivity index (χ4v) is 5.93. The van der Waals surface area contributed by atoms with E-state index in [2.05, 4.69) is 17.4 Å². The fourth-order valence-electron chi connectivity index (χ4n) is 4.07. The highest BCUT2D eigenvalue weighted by atomic mass is 32.2. The van der Waals surface area contributed by atoms with Gasteiger partial charge in [-0.3, -0.25) is 0 Å². The van der Waals surface area contributed by atoms with Crippen molar-refractivity contribution in [1.29, 1.82) is 0 Å². The van der Waals surface area contributed by atoms with Crippen molar-refractivity contribution in [3.63, 3.8) is 0 Å². The lowest BCUT2D eigenvalue weighted by Gasteiger charge is -2.28. The molecule has 0 unspecified atom stereocenters. The zero-order valence-corrected chi connectivity index (χ0v) is 14.6. The minimum Gasteiger partial charge on any atom is -0.496 e. The van der Waals surface area contributed by atoms with Crippen molar-refractivity contribution in [2.75, 3.05) is 25.2 Å². The maximum atomic E-state index is 11.7. The Hall–Kier alpha value is -1.07. The van der Waals surface area contributed by atoms with E-state index >= 15 is 0 Å². The largest absolute Gasteiger partial charge is 0.496 e. The molecular formula is C18H27NO3S. The van der Waals surface area contributed by atoms with E-state index in [4.69, 9.17) is 4.74 Å². The average molecular weight is 337 g/mol. The van der Waals surface area contributed by atoms with Crippen LogP contribution in [0.2, 0.25) is 0 Å². The van der Waals surface area contributed by atoms with Crippen molar-refractivity contribution in [3.05, 3.63) is 29.8 Å². The molecule has 1 aliphatic heterocycles. The molecule has 128 valence electrons. The van der Waals surface area contributed by atoms with Crippen molar-refractivity contribution >= 4 is 9.84 Å². The molecule has 1 saturated heterocycles. The topological polar surface area (TPSA) is 55.4 Å². The summed E-state index contributed by atoms with van der Waals surface area (Å²) in [4.78, 5) is 0. The third kappa shape index (κ3) is 4.07. The summed E-state index contributed by atoms with van der Waals surface area (Å²) in [5, 5.41) is 3.69. The first kappa shape index (κ1) is 16.8. The van der Waals surface area contributed by atoms with Crippen molar-refractivity contribution in [2.24, 2.45) is 11.8 Å². The second kappa shape index (κ2) is 7.22. The first-order valence-corrected chi connectivity index (χ1v) is 10.5. The Morgan fingerprint density at radius 2 is 1.96 bits per heavy atom. The lowest BCUT2D eigenvalue weighted by atomic mass is 9.90. The number of para-hydroxylation sites is 1. The van der Waals surface area contributed by atoms with E-state index in [1.54, 1.807) is 7.11 Å². The molecule has 0 spiro atoms. The molecule has 2 aliphatic rings. The molecule has 0 amide bonds. The lowest BCUT2D eigenvalue weighted by Crippen LogP contribution is -2.32. The summed E-state index contributed by atoms with van der Waals surface area (Å²) in [5.41, 5.74) is 1.21. The van der Waals surface area contributed by atoms with E-state index in [-0.39, 0.29) is 12.0 Å². The number of rotatable bonds is 6. The average Bonchev–Trinajstić information content (AvgIpc) is 3.18. The van der Waals surface area contributed by atoms with Crippen molar-refractivity contribution < 1.29 is 13.2 Å². The molecule has 3 rings (SSSR count). The Morgan fingerprint density at radius 3 is 2.61 bits per heavy atom. The second-order valence-corrected chi connectivity index (χ2v) is 9.17. The van der Waals surface area contributed by atoms with Gasteiger partial charge in [-0.2, -0.15) is 0 Å². The van der Waals surface area contributed by atoms with Crippen LogP contribution in [0.3, 0.4) is 0 Å². The molecule has 1 heterocycles. The summed E-state index contributed by atoms with van der Waals surface area (Å²) in [6, 6.07) is 8.47. The minimum atomic E-state index is -2.80. The van der Waals surface area contributed by atoms with Gasteiger partial charge in [-0.1, -0.05) is 31.0 Å². The van der Waals surface area contributed by atoms with Gasteiger partial charge in [0, 0.05) is 11.6 Å². The van der Waals surface area contributed by atoms with Gasteiger partial charge in [0.2, 0.25) is 0 Å². The second-order valence-electron chi connectivity index (χ2n) is 6.94. The number of nitrogens with one attached hydrogen (secondary N) is 1. The Morgan fingerprint density at radius 1 is 1.22 bits per heavy atom. The molecule has 2 atom stereocenters. The summed E-state index contributed by atoms with van der Waals surface area (Å²) >= 11 is 0. The van der Waals surface area contributed by atoms with E-state index in [1.165, 1.54) is 31.2 Å². The minimum absolute atomic E-state index is 0.249. The molecule has 1 aromatic rings. The Bertz CT molecular complexity index is 623. The van der Waals surface area contributed by atoms with Crippen LogP contribution in [-0.4, -0.2) is 33.6 Å². The van der Waals surface area contributed by atoms with E-state index in [0.29, 0.717) is 17.4 Å². The van der Waals surface area contributed by atoms with Crippen LogP contribution >= 0.6 is 0 Å². The van der Waals surface area contributed by atoms with Gasteiger partial charge in [-0.05, 0) is 43.7 Å². The standard InChI is InChI=1S/C18H27NO3S/c1-22-17-9-5-4-8-16(17)18(15-6-2-3-7-15)19-12-14-10-11-23(20,21)13-14/h4-5,8-9,14-15,18-19H,2-3,6-7,10-13H2,1H3/t14-,18-/m0/s1. The SMILES string of the molecule is COc1ccccc1[C@@H](NC[C@@H]1CCS(=O)(=O)C1)C1CCCC1. The molecule has 2 fully saturated rings. The molecule has 1 aromatic carbocycles. The van der Waals surface area contributed by atoms with Gasteiger partial charge in [0.25, 0.3) is 0 Å². The summed E-state index contributed by atoms with van der Waals surface area (Å²) in [6.45, 7) is 0.776. The van der Waals surface area contributed by atoms with Crippen LogP contribution in [0, 0.1) is 11.8 Å². The maximum absolute atomic E-state index is 11.7. The van der Waals surface area contributed by atoms with Gasteiger partial charge in [0.15, 0.2) is 9.84 Å². The van der Waals surface area contributed by atoms with E-state index in [1.807, 2.05) is 12.1 Å². The van der Waals surface area contributed by atoms with Crippen LogP contribution < -0.4 is 10.1 Å². The molecule has 1 saturated carbocycles. The van der Waals surface area contributed by atoms with Crippen molar-refractivity contribution in [3.8, 4) is 5.75 Å². The van der Waals surface area contributed by atoms with E-state index in [0.717, 1.165) is 18.7 Å². The van der Waals surface area contributed by atoms with Crippen LogP contribution in [0.4, 0.5) is 0 Å². The van der Waals surface area contributed by atoms with Crippen molar-refractivity contribution in [1.82, 2.24) is 5.32 Å². The number of sulfone groups is 1. The molecular weight excluding hydrogens is 310 g/mol. The molecule has 23 heavy (non-hydrogen) atoms. The number of hydrogen-bond acceptors (Lipinski definition) is 4. The highest BCUT2D eigenvalue weighted by Crippen LogP contribution is 2.39. The Balaban J connectivity index is 1.73. The Kier molecular flexibility index (Phi) is 5.27. The third-order valence-corrected chi connectivity index (χ3v) is 7.14. The predicted octanol–water partition coefficient (Wildman–Crippen LogP) is 2.95. The summed E-state index contributed by atoms with van der Waals surface area (Å²) in [6.07, 6.45) is 5.83. The van der Waals surface area contributed by atoms with Gasteiger partial charge in [0.05, 0.1) is 18.6 Å². The number of ether oxygens (including phenoxy) is 1. The maximum Gasteiger partial charge on any atom is 0.150 e. The van der Waals surface area contributed by atoms with Gasteiger partial charge in [-0.25, -0.2) is 8.42 Å². The fraction of sp³-hybridized carbons (Fsp3) is 0.667. The highest BCUT2D eigenvalue weighted by molar-refractivity contribution is 7.91. The number of methoxy groups -OCH3 is 1. The molecule has 0 aromatic heterocycles. The van der Waals surface area contributed by atoms with E-state index < -0.39 is 9.84 Å². The summed E-state index contributed by atoms with van der Waals surface area (Å²) in [5.74, 6) is 2.48. The van der Waals surface area contributed by atoms with Gasteiger partial charge in [0.1, 0.15) is 5.75 Å². The van der Waals surface area contributed by atoms with Crippen LogP contribution in [0.15, 0.2) is 24.3 Å². The monoisotopic (exact) mass is 337 g/mol. The molecule has 1 N–H and O–H groups in total. The van der Waals surface area contributed by atoms with Gasteiger partial charge < -0.3 is 10.1 Å². The van der Waals surface area contributed by atoms with Gasteiger partial charge in [-0.15, -0.1) is 0 Å². The predicted molar refractivity (Wildman–Crippen MR) is 92.5 cm³/mol. The van der Waals surface area contributed by atoms with Gasteiger partial charge >= 0.3 is 0 Å². The molecule has 1 aliphatic carbocycles. The smallest absolute Gasteiger partial charge is 0.150 e. The third-order valence-electron chi connectivity index (χ3n) is 5.30. The van der Waals surface area contributed by atoms with Crippen LogP contribution in [-0.2, 0) is 9.84 Å². The quantitative estimate of drug-likeness (QED) is 0.867. The summed E-state index contributed by atoms with van der Waals surface area (Å²) < 4.78 is 28.9. The molecule has 0 radical (unpaired) electrons. The number of benzene rings is 1. The summed E-state index contributed by atoms with van der Waals surface area (Å²) in [7, 11) is -1.09. The zero-order chi connectivity index (χ0) is 16.3. The Labute approximate surface area is 139 Å². The molecule has 0 bridgehead atoms. The number of hydrogen-bond donors (Lipinski definition) is 1. The lowest BCUT2D eigenvalue weighted by molar-refractivity contribution is 0.330. The first-order chi connectivity index (χ1) is 11.1. The van der Waals surface area contributed by atoms with E-state index in [9.17, 15) is 8.42 Å². The van der Waals surface area contributed by atoms with Crippen LogP contribution in [0.5, 0.6) is 5.75 Å². The normalized spacial score (nSPS) is 25.5. The highest BCUT2D eigenvalue weighted by Gasteiger charge is 2.31. The van der Waals surface area contributed by atoms with Crippen molar-refractivity contribution in [2.45, 2.75) is 38.1 Å². The molecule has 4 nitrogen and oxygen atoms in total. The van der Waals surface area contributed by atoms with Crippen LogP contribution in [0.25, 0.3) is 0 Å². The zero-order valence-electron chi connectivity index (χ0n) is 13.8. The molecule has 5 heteroatoms. The van der Waals surface area contributed by atoms with Crippen LogP contribution in [0.1, 0.15) is 43.7 Å². The first-order valence-electron chi connectivity index (χ1n) is 8.66.